The molecule has 0 saturated heterocycles. The van der Waals surface area contributed by atoms with Gasteiger partial charge in [-0.3, -0.25) is 4.79 Å². The minimum atomic E-state index is 0.0367. The fourth-order valence-electron chi connectivity index (χ4n) is 2.09. The zero-order valence-electron chi connectivity index (χ0n) is 10.1. The average Bonchev–Trinajstić information content (AvgIpc) is 2.29. The van der Waals surface area contributed by atoms with Crippen LogP contribution in [-0.2, 0) is 4.79 Å². The van der Waals surface area contributed by atoms with E-state index in [0.29, 0.717) is 19.0 Å². The molecule has 3 nitrogen and oxygen atoms in total. The summed E-state index contributed by atoms with van der Waals surface area (Å²) in [6, 6.07) is 0.608. The van der Waals surface area contributed by atoms with Crippen molar-refractivity contribution in [3.8, 4) is 12.3 Å². The van der Waals surface area contributed by atoms with Gasteiger partial charge in [0.15, 0.2) is 0 Å². The molecule has 16 heavy (non-hydrogen) atoms. The van der Waals surface area contributed by atoms with Gasteiger partial charge < -0.3 is 10.6 Å². The Hall–Kier alpha value is -1.01. The summed E-state index contributed by atoms with van der Waals surface area (Å²) in [5.41, 5.74) is 0. The molecule has 1 aliphatic carbocycles. The molecule has 0 aromatic carbocycles. The van der Waals surface area contributed by atoms with Crippen molar-refractivity contribution >= 4 is 5.91 Å². The van der Waals surface area contributed by atoms with E-state index >= 15 is 0 Å². The van der Waals surface area contributed by atoms with Crippen LogP contribution in [0.3, 0.4) is 0 Å². The highest BCUT2D eigenvalue weighted by molar-refractivity contribution is 5.76. The van der Waals surface area contributed by atoms with Crippen LogP contribution in [0.2, 0.25) is 0 Å². The first-order chi connectivity index (χ1) is 7.72. The number of hydrogen-bond acceptors (Lipinski definition) is 2. The predicted octanol–water partition coefficient (Wildman–Crippen LogP) is 1.29. The lowest BCUT2D eigenvalue weighted by Crippen LogP contribution is -2.35. The molecular weight excluding hydrogens is 200 g/mol. The SMILES string of the molecule is C#CCNC(=O)CCNC1CCC(C)CC1. The van der Waals surface area contributed by atoms with Gasteiger partial charge in [-0.2, -0.15) is 0 Å². The third-order valence-electron chi connectivity index (χ3n) is 3.19. The quantitative estimate of drug-likeness (QED) is 0.688. The molecular formula is C13H22N2O. The summed E-state index contributed by atoms with van der Waals surface area (Å²) in [5, 5.41) is 6.10. The lowest BCUT2D eigenvalue weighted by molar-refractivity contribution is -0.120. The van der Waals surface area contributed by atoms with E-state index in [-0.39, 0.29) is 5.91 Å². The minimum absolute atomic E-state index is 0.0367. The second-order valence-electron chi connectivity index (χ2n) is 4.64. The number of carbonyl (C=O) groups is 1. The maximum absolute atomic E-state index is 11.2. The van der Waals surface area contributed by atoms with Crippen molar-refractivity contribution in [2.24, 2.45) is 5.92 Å². The van der Waals surface area contributed by atoms with Gasteiger partial charge in [-0.05, 0) is 31.6 Å². The van der Waals surface area contributed by atoms with Crippen LogP contribution >= 0.6 is 0 Å². The molecule has 0 unspecified atom stereocenters. The first kappa shape index (κ1) is 13.1. The summed E-state index contributed by atoms with van der Waals surface area (Å²) in [7, 11) is 0. The molecule has 1 aliphatic rings. The highest BCUT2D eigenvalue weighted by Gasteiger charge is 2.17. The van der Waals surface area contributed by atoms with E-state index in [4.69, 9.17) is 6.42 Å². The molecule has 0 aliphatic heterocycles. The van der Waals surface area contributed by atoms with E-state index in [1.165, 1.54) is 25.7 Å². The Balaban J connectivity index is 2.03. The van der Waals surface area contributed by atoms with Crippen LogP contribution in [0.15, 0.2) is 0 Å². The molecule has 0 aromatic heterocycles. The van der Waals surface area contributed by atoms with Crippen LogP contribution < -0.4 is 10.6 Å². The molecule has 0 aromatic rings. The highest BCUT2D eigenvalue weighted by atomic mass is 16.1. The van der Waals surface area contributed by atoms with Crippen molar-refractivity contribution in [3.05, 3.63) is 0 Å². The third-order valence-corrected chi connectivity index (χ3v) is 3.19. The maximum atomic E-state index is 11.2. The Morgan fingerprint density at radius 3 is 2.69 bits per heavy atom. The lowest BCUT2D eigenvalue weighted by Gasteiger charge is -2.26. The van der Waals surface area contributed by atoms with E-state index in [1.807, 2.05) is 0 Å². The number of carbonyl (C=O) groups excluding carboxylic acids is 1. The molecule has 3 heteroatoms. The Kier molecular flexibility index (Phi) is 5.95. The van der Waals surface area contributed by atoms with Crippen LogP contribution in [0.4, 0.5) is 0 Å². The van der Waals surface area contributed by atoms with Gasteiger partial charge in [0.05, 0.1) is 6.54 Å². The van der Waals surface area contributed by atoms with Gasteiger partial charge in [0.25, 0.3) is 0 Å². The van der Waals surface area contributed by atoms with Gasteiger partial charge in [0.2, 0.25) is 5.91 Å². The highest BCUT2D eigenvalue weighted by Crippen LogP contribution is 2.23. The molecule has 1 fully saturated rings. The van der Waals surface area contributed by atoms with Crippen LogP contribution in [0, 0.1) is 18.3 Å². The van der Waals surface area contributed by atoms with Crippen LogP contribution in [0.1, 0.15) is 39.0 Å². The van der Waals surface area contributed by atoms with E-state index < -0.39 is 0 Å². The summed E-state index contributed by atoms with van der Waals surface area (Å²) in [6.07, 6.45) is 10.7. The number of amides is 1. The largest absolute Gasteiger partial charge is 0.345 e. The summed E-state index contributed by atoms with van der Waals surface area (Å²) in [4.78, 5) is 11.2. The number of hydrogen-bond donors (Lipinski definition) is 2. The summed E-state index contributed by atoms with van der Waals surface area (Å²) in [5.74, 6) is 3.30. The topological polar surface area (TPSA) is 41.1 Å². The molecule has 90 valence electrons. The van der Waals surface area contributed by atoms with E-state index in [0.717, 1.165) is 12.5 Å². The normalized spacial score (nSPS) is 24.8. The number of nitrogens with one attached hydrogen (secondary N) is 2. The predicted molar refractivity (Wildman–Crippen MR) is 65.9 cm³/mol. The van der Waals surface area contributed by atoms with Crippen molar-refractivity contribution in [3.63, 3.8) is 0 Å². The molecule has 1 amide bonds. The molecule has 2 N–H and O–H groups in total. The molecule has 0 heterocycles. The molecule has 1 rings (SSSR count). The molecule has 0 spiro atoms. The van der Waals surface area contributed by atoms with E-state index in [1.54, 1.807) is 0 Å². The molecule has 0 radical (unpaired) electrons. The second-order valence-corrected chi connectivity index (χ2v) is 4.64. The number of rotatable bonds is 5. The Morgan fingerprint density at radius 1 is 1.38 bits per heavy atom. The second kappa shape index (κ2) is 7.29. The summed E-state index contributed by atoms with van der Waals surface area (Å²) < 4.78 is 0. The van der Waals surface area contributed by atoms with Crippen molar-refractivity contribution in [1.82, 2.24) is 10.6 Å². The monoisotopic (exact) mass is 222 g/mol. The fraction of sp³-hybridized carbons (Fsp3) is 0.769. The smallest absolute Gasteiger partial charge is 0.222 e. The maximum Gasteiger partial charge on any atom is 0.222 e. The third kappa shape index (κ3) is 5.18. The average molecular weight is 222 g/mol. The first-order valence-electron chi connectivity index (χ1n) is 6.16. The van der Waals surface area contributed by atoms with E-state index in [9.17, 15) is 4.79 Å². The zero-order chi connectivity index (χ0) is 11.8. The van der Waals surface area contributed by atoms with Crippen LogP contribution in [0.5, 0.6) is 0 Å². The van der Waals surface area contributed by atoms with Crippen molar-refractivity contribution in [2.75, 3.05) is 13.1 Å². The van der Waals surface area contributed by atoms with Crippen molar-refractivity contribution in [1.29, 1.82) is 0 Å². The van der Waals surface area contributed by atoms with Gasteiger partial charge in [-0.25, -0.2) is 0 Å². The zero-order valence-corrected chi connectivity index (χ0v) is 10.1. The number of terminal acetylenes is 1. The molecule has 0 bridgehead atoms. The van der Waals surface area contributed by atoms with Crippen LogP contribution in [0.25, 0.3) is 0 Å². The summed E-state index contributed by atoms with van der Waals surface area (Å²) >= 11 is 0. The first-order valence-corrected chi connectivity index (χ1v) is 6.16. The van der Waals surface area contributed by atoms with Gasteiger partial charge in [0.1, 0.15) is 0 Å². The van der Waals surface area contributed by atoms with Gasteiger partial charge in [0, 0.05) is 19.0 Å². The van der Waals surface area contributed by atoms with Crippen molar-refractivity contribution < 1.29 is 4.79 Å². The van der Waals surface area contributed by atoms with Gasteiger partial charge >= 0.3 is 0 Å². The van der Waals surface area contributed by atoms with Gasteiger partial charge in [-0.15, -0.1) is 6.42 Å². The standard InChI is InChI=1S/C13H22N2O/c1-3-9-15-13(16)8-10-14-12-6-4-11(2)5-7-12/h1,11-12,14H,4-10H2,2H3,(H,15,16). The van der Waals surface area contributed by atoms with E-state index in [2.05, 4.69) is 23.5 Å². The Morgan fingerprint density at radius 2 is 2.06 bits per heavy atom. The summed E-state index contributed by atoms with van der Waals surface area (Å²) in [6.45, 7) is 3.40. The van der Waals surface area contributed by atoms with Crippen LogP contribution in [-0.4, -0.2) is 25.0 Å². The van der Waals surface area contributed by atoms with Crippen molar-refractivity contribution in [2.45, 2.75) is 45.1 Å². The van der Waals surface area contributed by atoms with Gasteiger partial charge in [-0.1, -0.05) is 12.8 Å². The Labute approximate surface area is 98.4 Å². The minimum Gasteiger partial charge on any atom is -0.345 e. The molecule has 1 saturated carbocycles. The molecule has 0 atom stereocenters. The Bertz CT molecular complexity index is 249. The fourth-order valence-corrected chi connectivity index (χ4v) is 2.09. The lowest BCUT2D eigenvalue weighted by atomic mass is 9.87.